The molecule has 2 heterocycles. The number of rotatable bonds is 5. The summed E-state index contributed by atoms with van der Waals surface area (Å²) in [4.78, 5) is 20.0. The highest BCUT2D eigenvalue weighted by Crippen LogP contribution is 2.33. The maximum absolute atomic E-state index is 14.0. The van der Waals surface area contributed by atoms with Gasteiger partial charge in [0, 0.05) is 24.3 Å². The van der Waals surface area contributed by atoms with Gasteiger partial charge < -0.3 is 5.11 Å². The minimum absolute atomic E-state index is 0.109. The Labute approximate surface area is 186 Å². The van der Waals surface area contributed by atoms with Crippen LogP contribution in [0, 0.1) is 11.6 Å². The molecule has 0 radical (unpaired) electrons. The van der Waals surface area contributed by atoms with Crippen molar-refractivity contribution >= 4 is 38.2 Å². The predicted octanol–water partition coefficient (Wildman–Crippen LogP) is 3.06. The molecule has 1 aliphatic rings. The van der Waals surface area contributed by atoms with E-state index in [-0.39, 0.29) is 20.6 Å². The molecule has 8 nitrogen and oxygen atoms in total. The van der Waals surface area contributed by atoms with Crippen LogP contribution in [0.15, 0.2) is 46.7 Å². The number of nitrogens with zero attached hydrogens (tertiary/aromatic N) is 3. The fraction of sp³-hybridized carbons (Fsp3) is 0.200. The molecule has 168 valence electrons. The molecule has 0 aliphatic carbocycles. The van der Waals surface area contributed by atoms with E-state index in [1.807, 2.05) is 0 Å². The van der Waals surface area contributed by atoms with Gasteiger partial charge in [-0.05, 0) is 42.3 Å². The molecule has 1 aromatic heterocycles. The summed E-state index contributed by atoms with van der Waals surface area (Å²) in [6.45, 7) is 0.0831. The first-order valence-corrected chi connectivity index (χ1v) is 11.8. The Bertz CT molecular complexity index is 1280. The molecule has 3 aromatic rings. The smallest absolute Gasteiger partial charge is 0.330 e. The zero-order valence-electron chi connectivity index (χ0n) is 16.5. The Hall–Kier alpha value is -2.93. The summed E-state index contributed by atoms with van der Waals surface area (Å²) in [5.41, 5.74) is 0.986. The maximum Gasteiger partial charge on any atom is 0.330 e. The van der Waals surface area contributed by atoms with Crippen LogP contribution in [0.2, 0.25) is 0 Å². The van der Waals surface area contributed by atoms with E-state index < -0.39 is 34.3 Å². The molecule has 4 rings (SSSR count). The van der Waals surface area contributed by atoms with E-state index in [4.69, 9.17) is 5.14 Å². The van der Waals surface area contributed by atoms with Crippen LogP contribution in [-0.2, 0) is 16.6 Å². The van der Waals surface area contributed by atoms with Gasteiger partial charge in [0.2, 0.25) is 10.0 Å². The van der Waals surface area contributed by atoms with Gasteiger partial charge in [0.15, 0.2) is 9.34 Å². The molecule has 3 N–H and O–H groups in total. The summed E-state index contributed by atoms with van der Waals surface area (Å²) in [5, 5.41) is 14.7. The fourth-order valence-electron chi connectivity index (χ4n) is 3.44. The van der Waals surface area contributed by atoms with Gasteiger partial charge in [-0.15, -0.1) is 0 Å². The number of carbonyl (C=O) groups is 1. The Morgan fingerprint density at radius 3 is 2.41 bits per heavy atom. The third kappa shape index (κ3) is 4.21. The van der Waals surface area contributed by atoms with Crippen LogP contribution >= 0.6 is 11.3 Å². The van der Waals surface area contributed by atoms with Crippen LogP contribution in [0.4, 0.5) is 24.4 Å². The average Bonchev–Trinajstić information content (AvgIpc) is 3.21. The lowest BCUT2D eigenvalue weighted by atomic mass is 10.0. The fourth-order valence-corrected chi connectivity index (χ4v) is 5.40. The molecule has 32 heavy (non-hydrogen) atoms. The maximum atomic E-state index is 14.0. The van der Waals surface area contributed by atoms with Crippen LogP contribution in [-0.4, -0.2) is 37.6 Å². The van der Waals surface area contributed by atoms with Gasteiger partial charge in [-0.1, -0.05) is 23.5 Å². The van der Waals surface area contributed by atoms with Crippen molar-refractivity contribution in [3.05, 3.63) is 59.8 Å². The molecule has 1 fully saturated rings. The number of hydrogen-bond donors (Lipinski definition) is 2. The molecule has 1 aliphatic heterocycles. The van der Waals surface area contributed by atoms with Crippen LogP contribution in [0.3, 0.4) is 0 Å². The average molecular weight is 481 g/mol. The normalized spacial score (nSPS) is 14.8. The summed E-state index contributed by atoms with van der Waals surface area (Å²) in [7, 11) is -4.10. The topological polar surface area (TPSA) is 117 Å². The number of benzene rings is 2. The lowest BCUT2D eigenvalue weighted by Crippen LogP contribution is -2.49. The first kappa shape index (κ1) is 22.3. The van der Waals surface area contributed by atoms with Gasteiger partial charge in [-0.25, -0.2) is 32.1 Å². The summed E-state index contributed by atoms with van der Waals surface area (Å²) >= 11 is 0.718. The number of hydrogen-bond acceptors (Lipinski definition) is 6. The molecule has 1 saturated heterocycles. The quantitative estimate of drug-likeness (QED) is 0.582. The first-order chi connectivity index (χ1) is 15.2. The van der Waals surface area contributed by atoms with Crippen LogP contribution in [0.25, 0.3) is 11.1 Å². The highest BCUT2D eigenvalue weighted by atomic mass is 32.2. The minimum Gasteiger partial charge on any atom is -0.390 e. The number of thiazole rings is 1. The number of anilines is 2. The number of halogens is 2. The van der Waals surface area contributed by atoms with Gasteiger partial charge in [-0.2, -0.15) is 0 Å². The number of aromatic nitrogens is 1. The number of aliphatic hydroxyl groups excluding tert-OH is 1. The third-order valence-electron chi connectivity index (χ3n) is 4.93. The van der Waals surface area contributed by atoms with Crippen LogP contribution < -0.4 is 14.9 Å². The molecule has 0 unspecified atom stereocenters. The molecule has 0 bridgehead atoms. The highest BCUT2D eigenvalue weighted by Gasteiger charge is 2.32. The predicted molar refractivity (Wildman–Crippen MR) is 116 cm³/mol. The Morgan fingerprint density at radius 1 is 1.09 bits per heavy atom. The monoisotopic (exact) mass is 480 g/mol. The van der Waals surface area contributed by atoms with E-state index in [1.165, 1.54) is 9.80 Å². The second-order valence-corrected chi connectivity index (χ2v) is 9.78. The minimum atomic E-state index is -4.10. The molecule has 0 saturated carbocycles. The standard InChI is InChI=1S/C20H18F2N4O4S2/c21-13-4-7-16(22)15(10-13)12-2-5-14(6-3-12)25-8-1-9-26(20(25)28)19-24-17(11-27)18(31-19)32(23,29)30/h2-7,10,27H,1,8-9,11H2,(H2,23,29,30). The van der Waals surface area contributed by atoms with Crippen molar-refractivity contribution in [2.24, 2.45) is 5.14 Å². The second kappa shape index (κ2) is 8.54. The first-order valence-electron chi connectivity index (χ1n) is 9.47. The van der Waals surface area contributed by atoms with Crippen molar-refractivity contribution in [1.29, 1.82) is 0 Å². The van der Waals surface area contributed by atoms with Crippen molar-refractivity contribution in [1.82, 2.24) is 4.98 Å². The van der Waals surface area contributed by atoms with Gasteiger partial charge in [0.25, 0.3) is 0 Å². The number of sulfonamides is 1. The van der Waals surface area contributed by atoms with Crippen molar-refractivity contribution in [2.45, 2.75) is 17.2 Å². The van der Waals surface area contributed by atoms with Gasteiger partial charge >= 0.3 is 6.03 Å². The summed E-state index contributed by atoms with van der Waals surface area (Å²) in [6, 6.07) is 9.18. The Morgan fingerprint density at radius 2 is 1.78 bits per heavy atom. The Balaban J connectivity index is 1.61. The molecule has 2 amide bonds. The lowest BCUT2D eigenvalue weighted by molar-refractivity contribution is 0.248. The van der Waals surface area contributed by atoms with Crippen LogP contribution in [0.5, 0.6) is 0 Å². The number of carbonyl (C=O) groups excluding carboxylic acids is 1. The highest BCUT2D eigenvalue weighted by molar-refractivity contribution is 7.91. The van der Waals surface area contributed by atoms with E-state index in [1.54, 1.807) is 24.3 Å². The Kier molecular flexibility index (Phi) is 5.95. The summed E-state index contributed by atoms with van der Waals surface area (Å²) in [5.74, 6) is -1.12. The van der Waals surface area contributed by atoms with Gasteiger partial charge in [-0.3, -0.25) is 9.80 Å². The number of amides is 2. The molecular formula is C20H18F2N4O4S2. The molecule has 2 aromatic carbocycles. The third-order valence-corrected chi connectivity index (χ3v) is 7.55. The summed E-state index contributed by atoms with van der Waals surface area (Å²) in [6.07, 6.45) is 0.574. The second-order valence-electron chi connectivity index (χ2n) is 7.04. The van der Waals surface area contributed by atoms with Gasteiger partial charge in [0.05, 0.1) is 12.3 Å². The molecule has 0 spiro atoms. The zero-order chi connectivity index (χ0) is 23.0. The van der Waals surface area contributed by atoms with E-state index in [2.05, 4.69) is 4.98 Å². The van der Waals surface area contributed by atoms with E-state index in [0.717, 1.165) is 29.5 Å². The number of nitrogens with two attached hydrogens (primary N) is 1. The lowest BCUT2D eigenvalue weighted by Gasteiger charge is -2.34. The van der Waals surface area contributed by atoms with Crippen LogP contribution in [0.1, 0.15) is 12.1 Å². The molecule has 0 atom stereocenters. The van der Waals surface area contributed by atoms with Crippen molar-refractivity contribution in [2.75, 3.05) is 22.9 Å². The zero-order valence-corrected chi connectivity index (χ0v) is 18.2. The largest absolute Gasteiger partial charge is 0.390 e. The van der Waals surface area contributed by atoms with E-state index >= 15 is 0 Å². The number of urea groups is 1. The number of primary sulfonamides is 1. The van der Waals surface area contributed by atoms with E-state index in [0.29, 0.717) is 30.8 Å². The van der Waals surface area contributed by atoms with Crippen molar-refractivity contribution in [3.63, 3.8) is 0 Å². The molecule has 12 heteroatoms. The number of aliphatic hydroxyl groups is 1. The summed E-state index contributed by atoms with van der Waals surface area (Å²) < 4.78 is 50.7. The SMILES string of the molecule is NS(=O)(=O)c1sc(N2CCCN(c3ccc(-c4cc(F)ccc4F)cc3)C2=O)nc1CO. The van der Waals surface area contributed by atoms with E-state index in [9.17, 15) is 27.1 Å². The van der Waals surface area contributed by atoms with Gasteiger partial charge in [0.1, 0.15) is 11.6 Å². The van der Waals surface area contributed by atoms with Crippen molar-refractivity contribution < 1.29 is 27.1 Å². The van der Waals surface area contributed by atoms with Crippen molar-refractivity contribution in [3.8, 4) is 11.1 Å². The molecular weight excluding hydrogens is 462 g/mol.